The van der Waals surface area contributed by atoms with Crippen LogP contribution in [0.15, 0.2) is 33.5 Å². The molecule has 1 aromatic carbocycles. The number of rotatable bonds is 5. The lowest BCUT2D eigenvalue weighted by molar-refractivity contribution is 0.0609. The second-order valence-electron chi connectivity index (χ2n) is 6.65. The van der Waals surface area contributed by atoms with Crippen molar-refractivity contribution in [1.29, 1.82) is 0 Å². The second kappa shape index (κ2) is 7.47. The van der Waals surface area contributed by atoms with Crippen molar-refractivity contribution in [2.75, 3.05) is 32.8 Å². The summed E-state index contributed by atoms with van der Waals surface area (Å²) in [4.78, 5) is 16.6. The molecule has 0 spiro atoms. The Labute approximate surface area is 142 Å². The summed E-state index contributed by atoms with van der Waals surface area (Å²) in [6, 6.07) is 7.90. The minimum atomic E-state index is -0.284. The fourth-order valence-electron chi connectivity index (χ4n) is 3.50. The van der Waals surface area contributed by atoms with Gasteiger partial charge in [0, 0.05) is 50.2 Å². The van der Waals surface area contributed by atoms with Crippen LogP contribution in [0, 0.1) is 6.92 Å². The Kier molecular flexibility index (Phi) is 5.33. The maximum atomic E-state index is 11.9. The van der Waals surface area contributed by atoms with Gasteiger partial charge < -0.3 is 9.52 Å². The van der Waals surface area contributed by atoms with E-state index in [-0.39, 0.29) is 18.3 Å². The number of aliphatic hydroxyl groups is 1. The van der Waals surface area contributed by atoms with E-state index in [1.54, 1.807) is 6.07 Å². The Morgan fingerprint density at radius 2 is 1.96 bits per heavy atom. The fraction of sp³-hybridized carbons (Fsp3) is 0.526. The molecule has 24 heavy (non-hydrogen) atoms. The smallest absolute Gasteiger partial charge is 0.336 e. The minimum Gasteiger partial charge on any atom is -0.423 e. The van der Waals surface area contributed by atoms with Crippen molar-refractivity contribution < 1.29 is 9.52 Å². The van der Waals surface area contributed by atoms with Gasteiger partial charge in [0.25, 0.3) is 0 Å². The molecule has 1 aromatic heterocycles. The molecule has 0 radical (unpaired) electrons. The quantitative estimate of drug-likeness (QED) is 0.850. The normalized spacial score (nSPS) is 18.1. The second-order valence-corrected chi connectivity index (χ2v) is 6.65. The summed E-state index contributed by atoms with van der Waals surface area (Å²) in [5, 5.41) is 10.5. The Hall–Kier alpha value is -1.69. The number of hydrogen-bond donors (Lipinski definition) is 1. The summed E-state index contributed by atoms with van der Waals surface area (Å²) in [5.41, 5.74) is 2.51. The van der Waals surface area contributed by atoms with Crippen LogP contribution in [0.4, 0.5) is 0 Å². The van der Waals surface area contributed by atoms with Crippen molar-refractivity contribution in [3.63, 3.8) is 0 Å². The van der Waals surface area contributed by atoms with Gasteiger partial charge in [0.05, 0.1) is 6.61 Å². The largest absolute Gasteiger partial charge is 0.423 e. The average Bonchev–Trinajstić information content (AvgIpc) is 2.57. The van der Waals surface area contributed by atoms with Crippen LogP contribution in [0.5, 0.6) is 0 Å². The lowest BCUT2D eigenvalue weighted by Gasteiger charge is -2.38. The average molecular weight is 330 g/mol. The minimum absolute atomic E-state index is 0.222. The van der Waals surface area contributed by atoms with Gasteiger partial charge >= 0.3 is 5.63 Å². The first kappa shape index (κ1) is 17.1. The standard InChI is InChI=1S/C19H26N2O3/c1-3-16(13-22)21-8-6-20(7-9-21)12-15-11-19(23)24-18-10-14(2)4-5-17(15)18/h4-5,10-11,16,22H,3,6-9,12-13H2,1-2H3. The summed E-state index contributed by atoms with van der Waals surface area (Å²) >= 11 is 0. The maximum absolute atomic E-state index is 11.9. The van der Waals surface area contributed by atoms with E-state index >= 15 is 0 Å². The summed E-state index contributed by atoms with van der Waals surface area (Å²) < 4.78 is 5.34. The van der Waals surface area contributed by atoms with Crippen molar-refractivity contribution in [3.05, 3.63) is 45.8 Å². The zero-order chi connectivity index (χ0) is 17.1. The van der Waals surface area contributed by atoms with Crippen LogP contribution in [0.25, 0.3) is 11.0 Å². The fourth-order valence-corrected chi connectivity index (χ4v) is 3.50. The highest BCUT2D eigenvalue weighted by atomic mass is 16.4. The maximum Gasteiger partial charge on any atom is 0.336 e. The monoisotopic (exact) mass is 330 g/mol. The van der Waals surface area contributed by atoms with E-state index in [1.807, 2.05) is 19.1 Å². The van der Waals surface area contributed by atoms with Gasteiger partial charge in [-0.25, -0.2) is 4.79 Å². The number of nitrogens with zero attached hydrogens (tertiary/aromatic N) is 2. The highest BCUT2D eigenvalue weighted by Crippen LogP contribution is 2.20. The number of fused-ring (bicyclic) bond motifs is 1. The summed E-state index contributed by atoms with van der Waals surface area (Å²) in [6.07, 6.45) is 0.972. The third-order valence-electron chi connectivity index (χ3n) is 4.98. The van der Waals surface area contributed by atoms with Crippen molar-refractivity contribution in [2.45, 2.75) is 32.9 Å². The molecule has 1 saturated heterocycles. The Bertz CT molecular complexity index is 744. The lowest BCUT2D eigenvalue weighted by atomic mass is 10.1. The molecule has 130 valence electrons. The zero-order valence-corrected chi connectivity index (χ0v) is 14.5. The van der Waals surface area contributed by atoms with Gasteiger partial charge in [-0.05, 0) is 30.5 Å². The molecule has 0 saturated carbocycles. The zero-order valence-electron chi connectivity index (χ0n) is 14.5. The number of aliphatic hydroxyl groups excluding tert-OH is 1. The van der Waals surface area contributed by atoms with E-state index in [0.717, 1.165) is 55.7 Å². The molecule has 2 heterocycles. The molecule has 1 N–H and O–H groups in total. The van der Waals surface area contributed by atoms with Crippen LogP contribution in [0.3, 0.4) is 0 Å². The third kappa shape index (κ3) is 3.69. The van der Waals surface area contributed by atoms with Gasteiger partial charge in [0.15, 0.2) is 0 Å². The molecule has 3 rings (SSSR count). The topological polar surface area (TPSA) is 56.9 Å². The van der Waals surface area contributed by atoms with Gasteiger partial charge in [0.1, 0.15) is 5.58 Å². The van der Waals surface area contributed by atoms with Crippen molar-refractivity contribution in [2.24, 2.45) is 0 Å². The molecule has 1 unspecified atom stereocenters. The summed E-state index contributed by atoms with van der Waals surface area (Å²) in [6.45, 7) is 8.90. The van der Waals surface area contributed by atoms with Gasteiger partial charge in [0.2, 0.25) is 0 Å². The number of piperazine rings is 1. The molecular formula is C19H26N2O3. The van der Waals surface area contributed by atoms with Crippen LogP contribution < -0.4 is 5.63 Å². The molecule has 2 aromatic rings. The highest BCUT2D eigenvalue weighted by Gasteiger charge is 2.22. The number of hydrogen-bond acceptors (Lipinski definition) is 5. The highest BCUT2D eigenvalue weighted by molar-refractivity contribution is 5.80. The molecular weight excluding hydrogens is 304 g/mol. The molecule has 1 aliphatic heterocycles. The Morgan fingerprint density at radius 1 is 1.21 bits per heavy atom. The molecule has 0 amide bonds. The first-order valence-electron chi connectivity index (χ1n) is 8.71. The van der Waals surface area contributed by atoms with E-state index in [9.17, 15) is 9.90 Å². The van der Waals surface area contributed by atoms with Crippen LogP contribution >= 0.6 is 0 Å². The molecule has 0 bridgehead atoms. The summed E-state index contributed by atoms with van der Waals surface area (Å²) in [7, 11) is 0. The molecule has 5 heteroatoms. The van der Waals surface area contributed by atoms with E-state index in [1.165, 1.54) is 0 Å². The van der Waals surface area contributed by atoms with Crippen molar-refractivity contribution in [1.82, 2.24) is 9.80 Å². The van der Waals surface area contributed by atoms with E-state index in [4.69, 9.17) is 4.42 Å². The van der Waals surface area contributed by atoms with Gasteiger partial charge in [-0.3, -0.25) is 9.80 Å². The third-order valence-corrected chi connectivity index (χ3v) is 4.98. The lowest BCUT2D eigenvalue weighted by Crippen LogP contribution is -2.50. The number of benzene rings is 1. The van der Waals surface area contributed by atoms with Gasteiger partial charge in [-0.15, -0.1) is 0 Å². The Morgan fingerprint density at radius 3 is 2.62 bits per heavy atom. The number of aryl methyl sites for hydroxylation is 1. The van der Waals surface area contributed by atoms with Gasteiger partial charge in [-0.2, -0.15) is 0 Å². The summed E-state index contributed by atoms with van der Waals surface area (Å²) in [5.74, 6) is 0. The SMILES string of the molecule is CCC(CO)N1CCN(Cc2cc(=O)oc3cc(C)ccc23)CC1. The molecule has 5 nitrogen and oxygen atoms in total. The predicted molar refractivity (Wildman–Crippen MR) is 95.2 cm³/mol. The van der Waals surface area contributed by atoms with Crippen LogP contribution in [0.2, 0.25) is 0 Å². The van der Waals surface area contributed by atoms with Crippen LogP contribution in [0.1, 0.15) is 24.5 Å². The van der Waals surface area contributed by atoms with E-state index in [0.29, 0.717) is 5.58 Å². The van der Waals surface area contributed by atoms with Crippen LogP contribution in [-0.4, -0.2) is 53.7 Å². The van der Waals surface area contributed by atoms with Gasteiger partial charge in [-0.1, -0.05) is 19.1 Å². The van der Waals surface area contributed by atoms with Crippen LogP contribution in [-0.2, 0) is 6.54 Å². The van der Waals surface area contributed by atoms with E-state index in [2.05, 4.69) is 22.8 Å². The Balaban J connectivity index is 1.74. The van der Waals surface area contributed by atoms with E-state index < -0.39 is 0 Å². The molecule has 1 atom stereocenters. The molecule has 0 aliphatic carbocycles. The first-order chi connectivity index (χ1) is 11.6. The molecule has 1 aliphatic rings. The molecule has 1 fully saturated rings. The van der Waals surface area contributed by atoms with Crippen molar-refractivity contribution in [3.8, 4) is 0 Å². The van der Waals surface area contributed by atoms with Crippen molar-refractivity contribution >= 4 is 11.0 Å². The predicted octanol–water partition coefficient (Wildman–Crippen LogP) is 1.99. The first-order valence-corrected chi connectivity index (χ1v) is 8.71.